The van der Waals surface area contributed by atoms with E-state index >= 15 is 0 Å². The Kier molecular flexibility index (Phi) is 6.61. The van der Waals surface area contributed by atoms with Gasteiger partial charge in [-0.1, -0.05) is 23.7 Å². The molecule has 26 heavy (non-hydrogen) atoms. The molecule has 2 aromatic rings. The van der Waals surface area contributed by atoms with Crippen LogP contribution in [-0.2, 0) is 0 Å². The summed E-state index contributed by atoms with van der Waals surface area (Å²) in [5.41, 5.74) is 1.20. The van der Waals surface area contributed by atoms with Crippen molar-refractivity contribution in [3.63, 3.8) is 0 Å². The number of nitrogens with zero attached hydrogens (tertiary/aromatic N) is 2. The highest BCUT2D eigenvalue weighted by molar-refractivity contribution is 6.32. The van der Waals surface area contributed by atoms with Gasteiger partial charge in [0.2, 0.25) is 0 Å². The third-order valence-electron chi connectivity index (χ3n) is 4.55. The number of para-hydroxylation sites is 1. The van der Waals surface area contributed by atoms with Gasteiger partial charge >= 0.3 is 0 Å². The van der Waals surface area contributed by atoms with Crippen molar-refractivity contribution < 1.29 is 14.6 Å². The zero-order chi connectivity index (χ0) is 18.4. The van der Waals surface area contributed by atoms with E-state index in [-0.39, 0.29) is 6.61 Å². The molecule has 6 heteroatoms. The Morgan fingerprint density at radius 2 is 1.73 bits per heavy atom. The van der Waals surface area contributed by atoms with Crippen molar-refractivity contribution in [3.8, 4) is 11.5 Å². The van der Waals surface area contributed by atoms with Crippen molar-refractivity contribution in [3.05, 3.63) is 53.6 Å². The summed E-state index contributed by atoms with van der Waals surface area (Å²) in [5.74, 6) is 1.48. The lowest BCUT2D eigenvalue weighted by atomic mass is 10.2. The number of rotatable bonds is 7. The van der Waals surface area contributed by atoms with Gasteiger partial charge in [0.25, 0.3) is 0 Å². The van der Waals surface area contributed by atoms with Gasteiger partial charge in [-0.3, -0.25) is 4.90 Å². The van der Waals surface area contributed by atoms with Crippen LogP contribution >= 0.6 is 11.6 Å². The first-order valence-electron chi connectivity index (χ1n) is 8.82. The molecule has 1 aliphatic rings. The molecule has 0 amide bonds. The van der Waals surface area contributed by atoms with Crippen LogP contribution in [0.25, 0.3) is 0 Å². The molecular formula is C20H25ClN2O3. The number of hydrogen-bond donors (Lipinski definition) is 1. The van der Waals surface area contributed by atoms with E-state index in [1.165, 1.54) is 5.69 Å². The van der Waals surface area contributed by atoms with Crippen molar-refractivity contribution in [2.45, 2.75) is 6.10 Å². The Hall–Kier alpha value is -1.95. The summed E-state index contributed by atoms with van der Waals surface area (Å²) < 4.78 is 10.8. The van der Waals surface area contributed by atoms with Crippen LogP contribution in [0.15, 0.2) is 48.5 Å². The Morgan fingerprint density at radius 3 is 2.38 bits per heavy atom. The molecule has 1 saturated heterocycles. The third kappa shape index (κ3) is 5.04. The smallest absolute Gasteiger partial charge is 0.138 e. The molecule has 0 aliphatic carbocycles. The summed E-state index contributed by atoms with van der Waals surface area (Å²) in [6, 6.07) is 15.4. The first-order valence-corrected chi connectivity index (χ1v) is 9.20. The SMILES string of the molecule is COc1ccc(N2CCN(C[C@@H](O)COc3ccccc3Cl)CC2)cc1. The van der Waals surface area contributed by atoms with Crippen molar-refractivity contribution in [2.75, 3.05) is 51.3 Å². The first-order chi connectivity index (χ1) is 12.7. The highest BCUT2D eigenvalue weighted by Crippen LogP contribution is 2.23. The summed E-state index contributed by atoms with van der Waals surface area (Å²) >= 11 is 6.06. The zero-order valence-electron chi connectivity index (χ0n) is 15.0. The van der Waals surface area contributed by atoms with Crippen molar-refractivity contribution in [2.24, 2.45) is 0 Å². The minimum absolute atomic E-state index is 0.239. The highest BCUT2D eigenvalue weighted by atomic mass is 35.5. The Labute approximate surface area is 159 Å². The fourth-order valence-corrected chi connectivity index (χ4v) is 3.27. The molecule has 3 rings (SSSR count). The van der Waals surface area contributed by atoms with E-state index in [2.05, 4.69) is 21.9 Å². The van der Waals surface area contributed by atoms with Gasteiger partial charge in [0.05, 0.1) is 12.1 Å². The van der Waals surface area contributed by atoms with E-state index in [1.807, 2.05) is 30.3 Å². The third-order valence-corrected chi connectivity index (χ3v) is 4.86. The number of β-amino-alcohol motifs (C(OH)–C–C–N with tert-alkyl or cyclic N) is 1. The number of methoxy groups -OCH3 is 1. The van der Waals surface area contributed by atoms with Crippen LogP contribution < -0.4 is 14.4 Å². The molecule has 1 fully saturated rings. The van der Waals surface area contributed by atoms with E-state index in [9.17, 15) is 5.11 Å². The molecule has 2 aromatic carbocycles. The molecule has 0 radical (unpaired) electrons. The van der Waals surface area contributed by atoms with Crippen LogP contribution in [0.5, 0.6) is 11.5 Å². The van der Waals surface area contributed by atoms with Gasteiger partial charge < -0.3 is 19.5 Å². The lowest BCUT2D eigenvalue weighted by molar-refractivity contribution is 0.0663. The van der Waals surface area contributed by atoms with E-state index in [4.69, 9.17) is 21.1 Å². The van der Waals surface area contributed by atoms with E-state index in [0.717, 1.165) is 31.9 Å². The van der Waals surface area contributed by atoms with Crippen molar-refractivity contribution in [1.29, 1.82) is 0 Å². The standard InChI is InChI=1S/C20H25ClN2O3/c1-25-18-8-6-16(7-9-18)23-12-10-22(11-13-23)14-17(24)15-26-20-5-3-2-4-19(20)21/h2-9,17,24H,10-15H2,1H3/t17-/m1/s1. The molecule has 0 spiro atoms. The predicted octanol–water partition coefficient (Wildman–Crippen LogP) is 2.91. The average Bonchev–Trinajstić information content (AvgIpc) is 2.68. The number of benzene rings is 2. The van der Waals surface area contributed by atoms with Gasteiger partial charge in [0.1, 0.15) is 24.2 Å². The van der Waals surface area contributed by atoms with E-state index in [0.29, 0.717) is 17.3 Å². The van der Waals surface area contributed by atoms with Gasteiger partial charge in [-0.15, -0.1) is 0 Å². The number of ether oxygens (including phenoxy) is 2. The number of halogens is 1. The van der Waals surface area contributed by atoms with Crippen LogP contribution in [0.4, 0.5) is 5.69 Å². The molecule has 1 heterocycles. The maximum Gasteiger partial charge on any atom is 0.138 e. The topological polar surface area (TPSA) is 45.2 Å². The van der Waals surface area contributed by atoms with Crippen LogP contribution in [0.2, 0.25) is 5.02 Å². The molecule has 1 N–H and O–H groups in total. The number of aliphatic hydroxyl groups excluding tert-OH is 1. The van der Waals surface area contributed by atoms with E-state index in [1.54, 1.807) is 13.2 Å². The Morgan fingerprint density at radius 1 is 1.04 bits per heavy atom. The number of aliphatic hydroxyl groups is 1. The van der Waals surface area contributed by atoms with Gasteiger partial charge in [0.15, 0.2) is 0 Å². The second-order valence-electron chi connectivity index (χ2n) is 6.38. The van der Waals surface area contributed by atoms with Crippen molar-refractivity contribution in [1.82, 2.24) is 4.90 Å². The molecule has 0 unspecified atom stereocenters. The molecule has 1 aliphatic heterocycles. The maximum atomic E-state index is 10.3. The summed E-state index contributed by atoms with van der Waals surface area (Å²) in [6.45, 7) is 4.53. The summed E-state index contributed by atoms with van der Waals surface area (Å²) in [6.07, 6.45) is -0.543. The maximum absolute atomic E-state index is 10.3. The van der Waals surface area contributed by atoms with Crippen molar-refractivity contribution >= 4 is 17.3 Å². The first kappa shape index (κ1) is 18.8. The second-order valence-corrected chi connectivity index (χ2v) is 6.79. The second kappa shape index (κ2) is 9.12. The minimum atomic E-state index is -0.543. The van der Waals surface area contributed by atoms with Crippen LogP contribution in [0, 0.1) is 0 Å². The molecule has 1 atom stereocenters. The minimum Gasteiger partial charge on any atom is -0.497 e. The van der Waals surface area contributed by atoms with Crippen LogP contribution in [0.1, 0.15) is 0 Å². The monoisotopic (exact) mass is 376 g/mol. The fraction of sp³-hybridized carbons (Fsp3) is 0.400. The van der Waals surface area contributed by atoms with Gasteiger partial charge in [-0.2, -0.15) is 0 Å². The highest BCUT2D eigenvalue weighted by Gasteiger charge is 2.20. The van der Waals surface area contributed by atoms with E-state index < -0.39 is 6.10 Å². The quantitative estimate of drug-likeness (QED) is 0.805. The Bertz CT molecular complexity index is 688. The lowest BCUT2D eigenvalue weighted by Gasteiger charge is -2.36. The number of hydrogen-bond acceptors (Lipinski definition) is 5. The fourth-order valence-electron chi connectivity index (χ4n) is 3.08. The molecule has 0 bridgehead atoms. The normalized spacial score (nSPS) is 16.3. The van der Waals surface area contributed by atoms with Crippen LogP contribution in [-0.4, -0.2) is 62.6 Å². The average molecular weight is 377 g/mol. The summed E-state index contributed by atoms with van der Waals surface area (Å²) in [5, 5.41) is 10.8. The van der Waals surface area contributed by atoms with Crippen LogP contribution in [0.3, 0.4) is 0 Å². The number of anilines is 1. The number of piperazine rings is 1. The lowest BCUT2D eigenvalue weighted by Crippen LogP contribution is -2.49. The Balaban J connectivity index is 1.42. The summed E-state index contributed by atoms with van der Waals surface area (Å²) in [4.78, 5) is 4.61. The predicted molar refractivity (Wildman–Crippen MR) is 105 cm³/mol. The molecule has 140 valence electrons. The largest absolute Gasteiger partial charge is 0.497 e. The molecular weight excluding hydrogens is 352 g/mol. The molecule has 5 nitrogen and oxygen atoms in total. The molecule has 0 aromatic heterocycles. The van der Waals surface area contributed by atoms with Gasteiger partial charge in [-0.05, 0) is 36.4 Å². The summed E-state index contributed by atoms with van der Waals surface area (Å²) in [7, 11) is 1.68. The van der Waals surface area contributed by atoms with Gasteiger partial charge in [0, 0.05) is 38.4 Å². The molecule has 0 saturated carbocycles. The van der Waals surface area contributed by atoms with Gasteiger partial charge in [-0.25, -0.2) is 0 Å². The zero-order valence-corrected chi connectivity index (χ0v) is 15.7.